The van der Waals surface area contributed by atoms with Crippen LogP contribution in [0, 0.1) is 0 Å². The van der Waals surface area contributed by atoms with Crippen LogP contribution in [0.5, 0.6) is 0 Å². The molecule has 0 spiro atoms. The van der Waals surface area contributed by atoms with Gasteiger partial charge >= 0.3 is 17.9 Å². The highest BCUT2D eigenvalue weighted by Crippen LogP contribution is 2.16. The average Bonchev–Trinajstić information content (AvgIpc) is 3.36. The van der Waals surface area contributed by atoms with Crippen molar-refractivity contribution in [2.45, 2.75) is 270 Å². The van der Waals surface area contributed by atoms with Crippen LogP contribution in [0.1, 0.15) is 258 Å². The number of ether oxygens (including phenoxy) is 4. The Morgan fingerprint density at radius 2 is 0.781 bits per heavy atom. The van der Waals surface area contributed by atoms with Crippen LogP contribution in [0.2, 0.25) is 0 Å². The summed E-state index contributed by atoms with van der Waals surface area (Å²) in [7, 11) is 5.96. The lowest BCUT2D eigenvalue weighted by Crippen LogP contribution is -2.40. The number of allylic oxidation sites excluding steroid dienone is 12. The lowest BCUT2D eigenvalue weighted by molar-refractivity contribution is -0.870. The second-order valence-electron chi connectivity index (χ2n) is 21.3. The van der Waals surface area contributed by atoms with Crippen molar-refractivity contribution in [2.75, 3.05) is 47.5 Å². The SMILES string of the molecule is CC/C=C\C/C=C\C/C=C\C/C=C\CCCCCCCCC(=O)OC(COC(=O)CCCCCCCCCCCCCCCCCCC/C=C\C/C=C\CCCCCCC)COC(OCC[N+](C)(C)C)C(=O)O. The van der Waals surface area contributed by atoms with Crippen molar-refractivity contribution in [1.82, 2.24) is 0 Å². The van der Waals surface area contributed by atoms with Crippen molar-refractivity contribution < 1.29 is 42.9 Å². The molecule has 0 aliphatic rings. The van der Waals surface area contributed by atoms with Crippen LogP contribution in [-0.4, -0.2) is 87.4 Å². The molecule has 73 heavy (non-hydrogen) atoms. The van der Waals surface area contributed by atoms with Crippen LogP contribution in [0.25, 0.3) is 0 Å². The van der Waals surface area contributed by atoms with Crippen LogP contribution >= 0.6 is 0 Å². The number of carbonyl (C=O) groups excluding carboxylic acids is 2. The van der Waals surface area contributed by atoms with Crippen molar-refractivity contribution in [3.8, 4) is 0 Å². The zero-order chi connectivity index (χ0) is 53.4. The van der Waals surface area contributed by atoms with Gasteiger partial charge in [-0.3, -0.25) is 9.59 Å². The van der Waals surface area contributed by atoms with E-state index in [9.17, 15) is 19.5 Å². The van der Waals surface area contributed by atoms with Gasteiger partial charge in [0.15, 0.2) is 6.10 Å². The topological polar surface area (TPSA) is 108 Å². The lowest BCUT2D eigenvalue weighted by atomic mass is 10.0. The maximum Gasteiger partial charge on any atom is 0.361 e. The van der Waals surface area contributed by atoms with Gasteiger partial charge in [-0.2, -0.15) is 0 Å². The number of carboxylic acid groups (broad SMARTS) is 1. The minimum atomic E-state index is -1.52. The van der Waals surface area contributed by atoms with Crippen LogP contribution in [0.3, 0.4) is 0 Å². The Kier molecular flexibility index (Phi) is 52.5. The molecule has 0 fully saturated rings. The first-order chi connectivity index (χ1) is 35.6. The number of quaternary nitrogens is 1. The number of hydrogen-bond acceptors (Lipinski definition) is 7. The van der Waals surface area contributed by atoms with E-state index in [0.717, 1.165) is 89.9 Å². The van der Waals surface area contributed by atoms with E-state index in [2.05, 4.69) is 86.8 Å². The van der Waals surface area contributed by atoms with E-state index in [1.165, 1.54) is 135 Å². The van der Waals surface area contributed by atoms with Crippen molar-refractivity contribution >= 4 is 17.9 Å². The van der Waals surface area contributed by atoms with Gasteiger partial charge in [-0.25, -0.2) is 4.79 Å². The van der Waals surface area contributed by atoms with Gasteiger partial charge in [0.2, 0.25) is 0 Å². The standard InChI is InChI=1S/C64H113NO8/c1-6-8-10-12-14-16-18-20-22-24-26-27-28-29-30-31-32-33-34-35-37-38-40-42-44-46-48-50-52-54-61(66)71-58-60(59-72-64(63(68)69)70-57-56-65(3,4)5)73-62(67)55-53-51-49-47-45-43-41-39-36-25-23-21-19-17-15-13-11-9-7-2/h9,11,15,17-18,20-21,23-24,26,36,39,60,64H,6-8,10,12-14,16,19,22,25,27-35,37-38,40-59H2,1-5H3/p+1/b11-9-,17-15-,20-18-,23-21-,26-24-,39-36-. The summed E-state index contributed by atoms with van der Waals surface area (Å²) in [6.45, 7) is 4.75. The first-order valence-corrected chi connectivity index (χ1v) is 30.1. The molecule has 0 aromatic rings. The Labute approximate surface area is 449 Å². The maximum absolute atomic E-state index is 12.9. The number of rotatable bonds is 55. The Morgan fingerprint density at radius 1 is 0.425 bits per heavy atom. The molecule has 1 N–H and O–H groups in total. The Hall–Kier alpha value is -3.27. The number of unbranched alkanes of at least 4 members (excludes halogenated alkanes) is 28. The molecule has 0 radical (unpaired) electrons. The predicted octanol–water partition coefficient (Wildman–Crippen LogP) is 17.8. The quantitative estimate of drug-likeness (QED) is 0.0211. The molecule has 0 heterocycles. The molecule has 0 rings (SSSR count). The third-order valence-corrected chi connectivity index (χ3v) is 12.9. The van der Waals surface area contributed by atoms with Gasteiger partial charge in [-0.1, -0.05) is 234 Å². The van der Waals surface area contributed by atoms with Gasteiger partial charge in [0.1, 0.15) is 13.2 Å². The highest BCUT2D eigenvalue weighted by molar-refractivity contribution is 5.71. The number of esters is 2. The van der Waals surface area contributed by atoms with Crippen LogP contribution < -0.4 is 0 Å². The van der Waals surface area contributed by atoms with Crippen molar-refractivity contribution in [1.29, 1.82) is 0 Å². The molecule has 0 saturated carbocycles. The van der Waals surface area contributed by atoms with Crippen LogP contribution in [-0.2, 0) is 33.3 Å². The Balaban J connectivity index is 4.18. The van der Waals surface area contributed by atoms with E-state index in [-0.39, 0.29) is 32.2 Å². The minimum Gasteiger partial charge on any atom is -0.477 e. The Morgan fingerprint density at radius 3 is 1.16 bits per heavy atom. The summed E-state index contributed by atoms with van der Waals surface area (Å²) in [5.74, 6) is -2.02. The Bertz CT molecular complexity index is 1420. The number of nitrogens with zero attached hydrogens (tertiary/aromatic N) is 1. The summed E-state index contributed by atoms with van der Waals surface area (Å²) < 4.78 is 22.9. The van der Waals surface area contributed by atoms with Crippen molar-refractivity contribution in [3.63, 3.8) is 0 Å². The van der Waals surface area contributed by atoms with Gasteiger partial charge < -0.3 is 28.5 Å². The third kappa shape index (κ3) is 56.3. The second kappa shape index (κ2) is 55.0. The van der Waals surface area contributed by atoms with Gasteiger partial charge in [0, 0.05) is 12.8 Å². The molecule has 0 aromatic carbocycles. The highest BCUT2D eigenvalue weighted by atomic mass is 16.7. The minimum absolute atomic E-state index is 0.182. The first kappa shape index (κ1) is 69.7. The second-order valence-corrected chi connectivity index (χ2v) is 21.3. The van der Waals surface area contributed by atoms with Gasteiger partial charge in [0.25, 0.3) is 6.29 Å². The normalized spacial score (nSPS) is 13.3. The number of carboxylic acids is 1. The first-order valence-electron chi connectivity index (χ1n) is 30.1. The molecular weight excluding hydrogens is 911 g/mol. The smallest absolute Gasteiger partial charge is 0.361 e. The largest absolute Gasteiger partial charge is 0.477 e. The molecule has 9 heteroatoms. The number of aliphatic carboxylic acids is 1. The zero-order valence-electron chi connectivity index (χ0n) is 48.0. The van der Waals surface area contributed by atoms with Crippen molar-refractivity contribution in [2.24, 2.45) is 0 Å². The number of likely N-dealkylation sites (N-methyl/N-ethyl adjacent to an activating group) is 1. The average molecular weight is 1030 g/mol. The van der Waals surface area contributed by atoms with Crippen molar-refractivity contribution in [3.05, 3.63) is 72.9 Å². The number of hydrogen-bond donors (Lipinski definition) is 1. The van der Waals surface area contributed by atoms with E-state index in [1.54, 1.807) is 0 Å². The monoisotopic (exact) mass is 1020 g/mol. The zero-order valence-corrected chi connectivity index (χ0v) is 48.0. The summed E-state index contributed by atoms with van der Waals surface area (Å²) in [6, 6.07) is 0. The molecule has 0 saturated heterocycles. The van der Waals surface area contributed by atoms with Gasteiger partial charge in [-0.15, -0.1) is 0 Å². The summed E-state index contributed by atoms with van der Waals surface area (Å²) in [6.07, 6.45) is 68.4. The summed E-state index contributed by atoms with van der Waals surface area (Å²) in [5.41, 5.74) is 0. The fourth-order valence-corrected chi connectivity index (χ4v) is 8.33. The van der Waals surface area contributed by atoms with Crippen LogP contribution in [0.15, 0.2) is 72.9 Å². The lowest BCUT2D eigenvalue weighted by Gasteiger charge is -2.25. The van der Waals surface area contributed by atoms with E-state index >= 15 is 0 Å². The molecule has 9 nitrogen and oxygen atoms in total. The fourth-order valence-electron chi connectivity index (χ4n) is 8.33. The summed E-state index contributed by atoms with van der Waals surface area (Å²) in [5, 5.41) is 9.70. The molecule has 0 aliphatic heterocycles. The molecule has 0 aromatic heterocycles. The summed E-state index contributed by atoms with van der Waals surface area (Å²) >= 11 is 0. The molecule has 2 atom stereocenters. The molecule has 0 amide bonds. The van der Waals surface area contributed by atoms with E-state index in [4.69, 9.17) is 18.9 Å². The molecule has 0 bridgehead atoms. The van der Waals surface area contributed by atoms with Crippen LogP contribution in [0.4, 0.5) is 0 Å². The fraction of sp³-hybridized carbons (Fsp3) is 0.766. The maximum atomic E-state index is 12.9. The molecule has 0 aliphatic carbocycles. The van der Waals surface area contributed by atoms with Gasteiger partial charge in [-0.05, 0) is 83.5 Å². The number of carbonyl (C=O) groups is 3. The summed E-state index contributed by atoms with van der Waals surface area (Å²) in [4.78, 5) is 37.4. The third-order valence-electron chi connectivity index (χ3n) is 12.9. The predicted molar refractivity (Wildman–Crippen MR) is 309 cm³/mol. The van der Waals surface area contributed by atoms with E-state index < -0.39 is 24.3 Å². The molecule has 422 valence electrons. The van der Waals surface area contributed by atoms with Gasteiger partial charge in [0.05, 0.1) is 34.4 Å². The molecule has 2 unspecified atom stereocenters. The highest BCUT2D eigenvalue weighted by Gasteiger charge is 2.25. The van der Waals surface area contributed by atoms with E-state index in [0.29, 0.717) is 23.9 Å². The molecular formula is C64H114NO8+. The van der Waals surface area contributed by atoms with E-state index in [1.807, 2.05) is 21.1 Å².